The summed E-state index contributed by atoms with van der Waals surface area (Å²) in [5.41, 5.74) is -1.67. The third kappa shape index (κ3) is 4.41. The second-order valence-electron chi connectivity index (χ2n) is 5.94. The van der Waals surface area contributed by atoms with Gasteiger partial charge in [0.2, 0.25) is 0 Å². The SMILES string of the molecule is C[N+](C)(c1ccccc1C(=O)Nc1cc(C(F)(F)F)ccc1Cl)S(=O)(=O)[O-]. The Labute approximate surface area is 158 Å². The lowest BCUT2D eigenvalue weighted by molar-refractivity contribution is -0.137. The van der Waals surface area contributed by atoms with Crippen LogP contribution in [0.25, 0.3) is 0 Å². The Morgan fingerprint density at radius 3 is 2.30 bits per heavy atom. The molecule has 0 heterocycles. The number of carbonyl (C=O) groups excluding carboxylic acids is 1. The highest BCUT2D eigenvalue weighted by atomic mass is 35.5. The number of hydrogen-bond donors (Lipinski definition) is 1. The average Bonchev–Trinajstić information content (AvgIpc) is 2.54. The Hall–Kier alpha value is -2.14. The molecule has 27 heavy (non-hydrogen) atoms. The normalized spacial score (nSPS) is 12.7. The smallest absolute Gasteiger partial charge is 0.416 e. The number of nitrogens with zero attached hydrogens (tertiary/aromatic N) is 1. The zero-order valence-electron chi connectivity index (χ0n) is 14.0. The standard InChI is InChI=1S/C16H14ClF3N2O4S/c1-22(2,27(24,25)26)14-6-4-3-5-11(14)15(23)21-13-9-10(16(18,19)20)7-8-12(13)17/h3-9H,1-2H3,(H-,21,23,24,25,26). The highest BCUT2D eigenvalue weighted by Crippen LogP contribution is 2.34. The predicted molar refractivity (Wildman–Crippen MR) is 94.2 cm³/mol. The first-order valence-electron chi connectivity index (χ1n) is 7.33. The maximum Gasteiger partial charge on any atom is 0.416 e. The number of rotatable bonds is 4. The monoisotopic (exact) mass is 422 g/mol. The van der Waals surface area contributed by atoms with E-state index in [1.54, 1.807) is 0 Å². The molecule has 0 radical (unpaired) electrons. The topological polar surface area (TPSA) is 86.3 Å². The van der Waals surface area contributed by atoms with Gasteiger partial charge < -0.3 is 9.87 Å². The zero-order chi connectivity index (χ0) is 20.6. The number of para-hydroxylation sites is 1. The molecule has 11 heteroatoms. The lowest BCUT2D eigenvalue weighted by Gasteiger charge is -2.31. The number of amides is 1. The molecule has 0 aliphatic rings. The van der Waals surface area contributed by atoms with E-state index >= 15 is 0 Å². The van der Waals surface area contributed by atoms with E-state index < -0.39 is 31.8 Å². The van der Waals surface area contributed by atoms with Crippen molar-refractivity contribution < 1.29 is 30.9 Å². The van der Waals surface area contributed by atoms with E-state index in [9.17, 15) is 30.9 Å². The van der Waals surface area contributed by atoms with Crippen molar-refractivity contribution >= 4 is 39.2 Å². The Balaban J connectivity index is 2.48. The molecule has 0 atom stereocenters. The molecule has 0 spiro atoms. The maximum absolute atomic E-state index is 12.9. The van der Waals surface area contributed by atoms with E-state index in [0.717, 1.165) is 26.2 Å². The number of anilines is 1. The van der Waals surface area contributed by atoms with Gasteiger partial charge in [-0.15, -0.1) is 0 Å². The van der Waals surface area contributed by atoms with E-state index in [0.29, 0.717) is 6.07 Å². The summed E-state index contributed by atoms with van der Waals surface area (Å²) in [6.45, 7) is 0. The molecule has 0 unspecified atom stereocenters. The second-order valence-corrected chi connectivity index (χ2v) is 8.12. The third-order valence-electron chi connectivity index (χ3n) is 3.83. The van der Waals surface area contributed by atoms with Gasteiger partial charge in [0, 0.05) is 6.07 Å². The number of quaternary nitrogens is 1. The molecule has 1 amide bonds. The summed E-state index contributed by atoms with van der Waals surface area (Å²) >= 11 is 5.85. The Morgan fingerprint density at radius 1 is 1.15 bits per heavy atom. The molecule has 0 bridgehead atoms. The van der Waals surface area contributed by atoms with Crippen molar-refractivity contribution in [3.63, 3.8) is 0 Å². The molecule has 0 aromatic heterocycles. The van der Waals surface area contributed by atoms with Gasteiger partial charge in [0.05, 0.1) is 30.4 Å². The minimum absolute atomic E-state index is 0.140. The van der Waals surface area contributed by atoms with Crippen molar-refractivity contribution in [2.24, 2.45) is 0 Å². The van der Waals surface area contributed by atoms with Crippen molar-refractivity contribution in [1.29, 1.82) is 0 Å². The lowest BCUT2D eigenvalue weighted by Crippen LogP contribution is -2.47. The lowest BCUT2D eigenvalue weighted by atomic mass is 10.1. The average molecular weight is 423 g/mol. The van der Waals surface area contributed by atoms with Crippen molar-refractivity contribution in [2.45, 2.75) is 6.18 Å². The van der Waals surface area contributed by atoms with E-state index in [1.807, 2.05) is 0 Å². The first-order chi connectivity index (χ1) is 12.2. The number of alkyl halides is 3. The van der Waals surface area contributed by atoms with Gasteiger partial charge in [-0.25, -0.2) is 3.89 Å². The summed E-state index contributed by atoms with van der Waals surface area (Å²) in [4.78, 5) is 12.6. The quantitative estimate of drug-likeness (QED) is 0.602. The highest BCUT2D eigenvalue weighted by molar-refractivity contribution is 7.85. The van der Waals surface area contributed by atoms with Crippen molar-refractivity contribution in [3.05, 3.63) is 58.6 Å². The molecule has 2 aromatic rings. The largest absolute Gasteiger partial charge is 0.701 e. The fourth-order valence-electron chi connectivity index (χ4n) is 2.24. The summed E-state index contributed by atoms with van der Waals surface area (Å²) in [5, 5.41) is 2.09. The zero-order valence-corrected chi connectivity index (χ0v) is 15.6. The van der Waals surface area contributed by atoms with Crippen molar-refractivity contribution in [2.75, 3.05) is 19.4 Å². The molecule has 6 nitrogen and oxygen atoms in total. The van der Waals surface area contributed by atoms with Gasteiger partial charge in [0.15, 0.2) is 5.69 Å². The molecule has 2 rings (SSSR count). The van der Waals surface area contributed by atoms with Crippen LogP contribution in [0.1, 0.15) is 15.9 Å². The molecular weight excluding hydrogens is 409 g/mol. The predicted octanol–water partition coefficient (Wildman–Crippen LogP) is 3.64. The van der Waals surface area contributed by atoms with Crippen molar-refractivity contribution in [1.82, 2.24) is 3.89 Å². The molecule has 2 aromatic carbocycles. The van der Waals surface area contributed by atoms with Crippen LogP contribution in [-0.2, 0) is 16.5 Å². The Morgan fingerprint density at radius 2 is 1.74 bits per heavy atom. The fraction of sp³-hybridized carbons (Fsp3) is 0.188. The van der Waals surface area contributed by atoms with E-state index in [-0.39, 0.29) is 22.0 Å². The molecule has 1 N–H and O–H groups in total. The van der Waals surface area contributed by atoms with Crippen LogP contribution in [0.5, 0.6) is 0 Å². The van der Waals surface area contributed by atoms with Crippen LogP contribution >= 0.6 is 11.6 Å². The first-order valence-corrected chi connectivity index (χ1v) is 9.07. The van der Waals surface area contributed by atoms with Crippen LogP contribution in [0.2, 0.25) is 5.02 Å². The number of hydrogen-bond acceptors (Lipinski definition) is 4. The third-order valence-corrected chi connectivity index (χ3v) is 5.47. The van der Waals surface area contributed by atoms with Gasteiger partial charge in [0.25, 0.3) is 16.2 Å². The Bertz CT molecular complexity index is 991. The molecular formula is C16H14ClF3N2O4S. The van der Waals surface area contributed by atoms with Crippen molar-refractivity contribution in [3.8, 4) is 0 Å². The number of carbonyl (C=O) groups is 1. The molecule has 0 fully saturated rings. The summed E-state index contributed by atoms with van der Waals surface area (Å²) in [6.07, 6.45) is -4.64. The number of nitrogens with one attached hydrogen (secondary N) is 1. The van der Waals surface area contributed by atoms with Gasteiger partial charge in [-0.05, 0) is 24.3 Å². The van der Waals surface area contributed by atoms with Crippen LogP contribution in [0.4, 0.5) is 24.5 Å². The maximum atomic E-state index is 12.9. The van der Waals surface area contributed by atoms with Gasteiger partial charge in [-0.1, -0.05) is 23.7 Å². The van der Waals surface area contributed by atoms with Crippen LogP contribution in [0.3, 0.4) is 0 Å². The summed E-state index contributed by atoms with van der Waals surface area (Å²) in [6, 6.07) is 7.75. The molecule has 0 aliphatic carbocycles. The van der Waals surface area contributed by atoms with Crippen LogP contribution in [0.15, 0.2) is 42.5 Å². The van der Waals surface area contributed by atoms with Gasteiger partial charge in [-0.2, -0.15) is 21.6 Å². The van der Waals surface area contributed by atoms with Gasteiger partial charge >= 0.3 is 6.18 Å². The highest BCUT2D eigenvalue weighted by Gasteiger charge is 2.33. The summed E-state index contributed by atoms with van der Waals surface area (Å²) in [7, 11) is -2.74. The second kappa shape index (κ2) is 7.12. The van der Waals surface area contributed by atoms with Crippen LogP contribution in [-0.4, -0.2) is 33.0 Å². The Kier molecular flexibility index (Phi) is 5.58. The summed E-state index contributed by atoms with van der Waals surface area (Å²) in [5.74, 6) is -0.915. The van der Waals surface area contributed by atoms with Gasteiger partial charge in [-0.3, -0.25) is 4.79 Å². The van der Waals surface area contributed by atoms with Gasteiger partial charge in [0.1, 0.15) is 5.56 Å². The van der Waals surface area contributed by atoms with E-state index in [4.69, 9.17) is 11.6 Å². The summed E-state index contributed by atoms with van der Waals surface area (Å²) < 4.78 is 72.0. The minimum atomic E-state index is -4.89. The molecule has 146 valence electrons. The van der Waals surface area contributed by atoms with Crippen LogP contribution in [0, 0.1) is 0 Å². The number of benzene rings is 2. The fourth-order valence-corrected chi connectivity index (χ4v) is 2.81. The molecule has 0 aliphatic heterocycles. The first kappa shape index (κ1) is 21.2. The van der Waals surface area contributed by atoms with E-state index in [2.05, 4.69) is 5.32 Å². The molecule has 0 saturated heterocycles. The van der Waals surface area contributed by atoms with Crippen LogP contribution < -0.4 is 9.21 Å². The minimum Gasteiger partial charge on any atom is -0.701 e. The molecule has 0 saturated carbocycles. The van der Waals surface area contributed by atoms with E-state index in [1.165, 1.54) is 24.3 Å². The number of halogens is 4.